The molecule has 31 heavy (non-hydrogen) atoms. The van der Waals surface area contributed by atoms with Gasteiger partial charge in [0.25, 0.3) is 0 Å². The van der Waals surface area contributed by atoms with Gasteiger partial charge in [-0.1, -0.05) is 18.2 Å². The number of nitrogens with one attached hydrogen (secondary N) is 4. The van der Waals surface area contributed by atoms with Crippen molar-refractivity contribution in [2.24, 2.45) is 0 Å². The number of nitrogens with zero attached hydrogens (tertiary/aromatic N) is 1. The standard InChI is InChI=1S/C23H33N5O3/c1-15(29)28-10-8-23(9-11-28)14-16(18-4-2-3-5-21(18)31-23)12-22(30)24-17-6-7-19-20(13-17)26-27-25-19/h2-5,16-17,19-20,25-27H,6-14H2,1H3,(H,24,30). The second-order valence-electron chi connectivity index (χ2n) is 9.64. The van der Waals surface area contributed by atoms with Gasteiger partial charge in [-0.3, -0.25) is 9.59 Å². The van der Waals surface area contributed by atoms with Crippen LogP contribution in [0.15, 0.2) is 24.3 Å². The number of carbonyl (C=O) groups excluding carboxylic acids is 2. The van der Waals surface area contributed by atoms with Crippen LogP contribution in [0.2, 0.25) is 0 Å². The molecule has 0 aromatic heterocycles. The van der Waals surface area contributed by atoms with Gasteiger partial charge in [0.15, 0.2) is 0 Å². The Bertz CT molecular complexity index is 838. The number of fused-ring (bicyclic) bond motifs is 2. The van der Waals surface area contributed by atoms with Crippen LogP contribution in [0, 0.1) is 0 Å². The van der Waals surface area contributed by atoms with Crippen molar-refractivity contribution >= 4 is 11.8 Å². The molecule has 5 rings (SSSR count). The van der Waals surface area contributed by atoms with E-state index in [1.165, 1.54) is 0 Å². The fraction of sp³-hybridized carbons (Fsp3) is 0.652. The summed E-state index contributed by atoms with van der Waals surface area (Å²) >= 11 is 0. The fourth-order valence-corrected chi connectivity index (χ4v) is 5.83. The Morgan fingerprint density at radius 2 is 1.94 bits per heavy atom. The van der Waals surface area contributed by atoms with Crippen LogP contribution in [-0.2, 0) is 9.59 Å². The van der Waals surface area contributed by atoms with E-state index in [1.54, 1.807) is 6.92 Å². The molecule has 4 aliphatic rings. The van der Waals surface area contributed by atoms with Gasteiger partial charge in [-0.05, 0) is 37.3 Å². The largest absolute Gasteiger partial charge is 0.487 e. The molecule has 0 radical (unpaired) electrons. The van der Waals surface area contributed by atoms with Crippen molar-refractivity contribution in [3.8, 4) is 5.75 Å². The van der Waals surface area contributed by atoms with Crippen LogP contribution in [0.1, 0.15) is 63.4 Å². The van der Waals surface area contributed by atoms with E-state index in [0.717, 1.165) is 62.9 Å². The molecule has 2 amide bonds. The zero-order valence-corrected chi connectivity index (χ0v) is 18.2. The summed E-state index contributed by atoms with van der Waals surface area (Å²) < 4.78 is 6.51. The molecule has 3 fully saturated rings. The summed E-state index contributed by atoms with van der Waals surface area (Å²) in [5.41, 5.74) is 10.3. The Kier molecular flexibility index (Phi) is 5.62. The van der Waals surface area contributed by atoms with Gasteiger partial charge in [0.05, 0.1) is 0 Å². The lowest BCUT2D eigenvalue weighted by Gasteiger charge is -2.46. The zero-order chi connectivity index (χ0) is 21.4. The molecule has 0 bridgehead atoms. The lowest BCUT2D eigenvalue weighted by molar-refractivity contribution is -0.132. The Hall–Kier alpha value is -2.16. The summed E-state index contributed by atoms with van der Waals surface area (Å²) in [5.74, 6) is 1.29. The van der Waals surface area contributed by atoms with Crippen molar-refractivity contribution < 1.29 is 14.3 Å². The third-order valence-electron chi connectivity index (χ3n) is 7.59. The molecule has 1 aliphatic carbocycles. The average Bonchev–Trinajstić information content (AvgIpc) is 3.22. The molecule has 4 atom stereocenters. The third-order valence-corrected chi connectivity index (χ3v) is 7.59. The van der Waals surface area contributed by atoms with Crippen LogP contribution in [0.5, 0.6) is 5.75 Å². The van der Waals surface area contributed by atoms with Crippen molar-refractivity contribution in [3.05, 3.63) is 29.8 Å². The smallest absolute Gasteiger partial charge is 0.220 e. The minimum absolute atomic E-state index is 0.124. The predicted molar refractivity (Wildman–Crippen MR) is 116 cm³/mol. The normalized spacial score (nSPS) is 31.5. The first-order chi connectivity index (χ1) is 15.0. The number of benzene rings is 1. The Morgan fingerprint density at radius 1 is 1.16 bits per heavy atom. The summed E-state index contributed by atoms with van der Waals surface area (Å²) in [7, 11) is 0. The van der Waals surface area contributed by atoms with Crippen LogP contribution >= 0.6 is 0 Å². The maximum Gasteiger partial charge on any atom is 0.220 e. The summed E-state index contributed by atoms with van der Waals surface area (Å²) in [6, 6.07) is 9.15. The van der Waals surface area contributed by atoms with Crippen LogP contribution in [0.25, 0.3) is 0 Å². The van der Waals surface area contributed by atoms with Crippen molar-refractivity contribution in [2.45, 2.75) is 81.5 Å². The van der Waals surface area contributed by atoms with Gasteiger partial charge in [0.2, 0.25) is 11.8 Å². The highest BCUT2D eigenvalue weighted by Gasteiger charge is 2.44. The second-order valence-corrected chi connectivity index (χ2v) is 9.64. The highest BCUT2D eigenvalue weighted by molar-refractivity contribution is 5.77. The maximum atomic E-state index is 13.0. The number of ether oxygens (including phenoxy) is 1. The highest BCUT2D eigenvalue weighted by atomic mass is 16.5. The van der Waals surface area contributed by atoms with E-state index in [0.29, 0.717) is 18.5 Å². The fourth-order valence-electron chi connectivity index (χ4n) is 5.83. The lowest BCUT2D eigenvalue weighted by atomic mass is 9.76. The average molecular weight is 428 g/mol. The maximum absolute atomic E-state index is 13.0. The van der Waals surface area contributed by atoms with Gasteiger partial charge in [0, 0.05) is 63.3 Å². The van der Waals surface area contributed by atoms with Gasteiger partial charge >= 0.3 is 0 Å². The number of carbonyl (C=O) groups is 2. The van der Waals surface area contributed by atoms with E-state index in [-0.39, 0.29) is 29.4 Å². The quantitative estimate of drug-likeness (QED) is 0.582. The van der Waals surface area contributed by atoms with Gasteiger partial charge in [-0.25, -0.2) is 10.9 Å². The minimum Gasteiger partial charge on any atom is -0.487 e. The number of piperidine rings is 1. The first kappa shape index (κ1) is 20.7. The molecular formula is C23H33N5O3. The molecular weight excluding hydrogens is 394 g/mol. The predicted octanol–water partition coefficient (Wildman–Crippen LogP) is 1.34. The zero-order valence-electron chi connectivity index (χ0n) is 18.2. The van der Waals surface area contributed by atoms with E-state index in [9.17, 15) is 9.59 Å². The molecule has 8 nitrogen and oxygen atoms in total. The van der Waals surface area contributed by atoms with E-state index in [2.05, 4.69) is 27.8 Å². The van der Waals surface area contributed by atoms with Gasteiger partial charge in [-0.15, -0.1) is 0 Å². The van der Waals surface area contributed by atoms with Gasteiger partial charge < -0.3 is 15.0 Å². The molecule has 1 spiro atoms. The molecule has 2 saturated heterocycles. The number of hydrazine groups is 2. The van der Waals surface area contributed by atoms with Gasteiger partial charge in [0.1, 0.15) is 11.4 Å². The Balaban J connectivity index is 1.25. The Morgan fingerprint density at radius 3 is 2.74 bits per heavy atom. The number of hydrogen-bond donors (Lipinski definition) is 4. The minimum atomic E-state index is -0.283. The monoisotopic (exact) mass is 427 g/mol. The van der Waals surface area contributed by atoms with E-state index in [1.807, 2.05) is 23.1 Å². The molecule has 4 N–H and O–H groups in total. The molecule has 3 heterocycles. The molecule has 1 saturated carbocycles. The van der Waals surface area contributed by atoms with Crippen LogP contribution < -0.4 is 26.4 Å². The third kappa shape index (κ3) is 4.29. The summed E-state index contributed by atoms with van der Waals surface area (Å²) in [5, 5.41) is 3.29. The number of para-hydroxylation sites is 1. The van der Waals surface area contributed by atoms with Gasteiger partial charge in [-0.2, -0.15) is 5.53 Å². The van der Waals surface area contributed by atoms with Crippen molar-refractivity contribution in [3.63, 3.8) is 0 Å². The molecule has 8 heteroatoms. The molecule has 168 valence electrons. The highest BCUT2D eigenvalue weighted by Crippen LogP contribution is 2.46. The van der Waals surface area contributed by atoms with Crippen molar-refractivity contribution in [1.82, 2.24) is 26.6 Å². The SMILES string of the molecule is CC(=O)N1CCC2(CC1)CC(CC(=O)NC1CCC3NNNC3C1)c1ccccc1O2. The van der Waals surface area contributed by atoms with E-state index < -0.39 is 0 Å². The molecule has 4 unspecified atom stereocenters. The second kappa shape index (κ2) is 8.41. The number of hydrogen-bond acceptors (Lipinski definition) is 6. The Labute approximate surface area is 183 Å². The van der Waals surface area contributed by atoms with Crippen LogP contribution in [-0.4, -0.2) is 53.5 Å². The summed E-state index contributed by atoms with van der Waals surface area (Å²) in [6.07, 6.45) is 5.92. The topological polar surface area (TPSA) is 94.7 Å². The van der Waals surface area contributed by atoms with Crippen molar-refractivity contribution in [2.75, 3.05) is 13.1 Å². The number of likely N-dealkylation sites (tertiary alicyclic amines) is 1. The number of amides is 2. The first-order valence-corrected chi connectivity index (χ1v) is 11.6. The first-order valence-electron chi connectivity index (χ1n) is 11.6. The van der Waals surface area contributed by atoms with Crippen molar-refractivity contribution in [1.29, 1.82) is 0 Å². The van der Waals surface area contributed by atoms with Crippen LogP contribution in [0.4, 0.5) is 0 Å². The molecule has 1 aromatic carbocycles. The number of rotatable bonds is 3. The van der Waals surface area contributed by atoms with Crippen LogP contribution in [0.3, 0.4) is 0 Å². The molecule has 3 aliphatic heterocycles. The lowest BCUT2D eigenvalue weighted by Crippen LogP contribution is -2.52. The van der Waals surface area contributed by atoms with E-state index in [4.69, 9.17) is 4.74 Å². The van der Waals surface area contributed by atoms with E-state index >= 15 is 0 Å². The molecule has 1 aromatic rings. The summed E-state index contributed by atoms with van der Waals surface area (Å²) in [6.45, 7) is 3.06. The summed E-state index contributed by atoms with van der Waals surface area (Å²) in [4.78, 5) is 26.7.